The average molecular weight is 267 g/mol. The lowest BCUT2D eigenvalue weighted by Crippen LogP contribution is -2.44. The van der Waals surface area contributed by atoms with Gasteiger partial charge in [-0.15, -0.1) is 0 Å². The lowest BCUT2D eigenvalue weighted by Gasteiger charge is -2.18. The normalized spacial score (nSPS) is 22.9. The lowest BCUT2D eigenvalue weighted by molar-refractivity contribution is 0.0402. The second-order valence-electron chi connectivity index (χ2n) is 4.89. The van der Waals surface area contributed by atoms with Gasteiger partial charge in [0, 0.05) is 18.8 Å². The van der Waals surface area contributed by atoms with Crippen LogP contribution in [0.5, 0.6) is 0 Å². The third-order valence-electron chi connectivity index (χ3n) is 3.10. The van der Waals surface area contributed by atoms with Gasteiger partial charge in [0.25, 0.3) is 5.91 Å². The van der Waals surface area contributed by atoms with E-state index in [1.54, 1.807) is 10.7 Å². The summed E-state index contributed by atoms with van der Waals surface area (Å²) in [4.78, 5) is 12.1. The van der Waals surface area contributed by atoms with E-state index in [-0.39, 0.29) is 24.1 Å². The highest BCUT2D eigenvalue weighted by molar-refractivity contribution is 5.92. The van der Waals surface area contributed by atoms with Crippen LogP contribution in [0.3, 0.4) is 0 Å². The predicted molar refractivity (Wildman–Crippen MR) is 70.1 cm³/mol. The Kier molecular flexibility index (Phi) is 4.55. The summed E-state index contributed by atoms with van der Waals surface area (Å²) in [7, 11) is 0. The third kappa shape index (κ3) is 3.33. The van der Waals surface area contributed by atoms with E-state index < -0.39 is 0 Å². The van der Waals surface area contributed by atoms with Crippen molar-refractivity contribution < 1.29 is 14.3 Å². The van der Waals surface area contributed by atoms with E-state index in [1.165, 1.54) is 0 Å². The first kappa shape index (κ1) is 14.0. The van der Waals surface area contributed by atoms with Crippen molar-refractivity contribution in [1.29, 1.82) is 0 Å². The Labute approximate surface area is 113 Å². The second kappa shape index (κ2) is 6.16. The molecule has 2 heterocycles. The van der Waals surface area contributed by atoms with Gasteiger partial charge in [-0.05, 0) is 26.8 Å². The van der Waals surface area contributed by atoms with Gasteiger partial charge >= 0.3 is 0 Å². The first-order chi connectivity index (χ1) is 9.11. The van der Waals surface area contributed by atoms with Crippen molar-refractivity contribution in [3.8, 4) is 0 Å². The first-order valence-electron chi connectivity index (χ1n) is 6.67. The van der Waals surface area contributed by atoms with E-state index in [9.17, 15) is 4.79 Å². The molecule has 1 N–H and O–H groups in total. The summed E-state index contributed by atoms with van der Waals surface area (Å²) >= 11 is 0. The number of nitrogens with zero attached hydrogens (tertiary/aromatic N) is 2. The van der Waals surface area contributed by atoms with Crippen LogP contribution in [0.4, 0.5) is 0 Å². The molecule has 1 fully saturated rings. The maximum absolute atomic E-state index is 12.1. The molecule has 0 aliphatic carbocycles. The van der Waals surface area contributed by atoms with E-state index in [2.05, 4.69) is 10.4 Å². The first-order valence-corrected chi connectivity index (χ1v) is 6.67. The fourth-order valence-corrected chi connectivity index (χ4v) is 2.04. The lowest BCUT2D eigenvalue weighted by atomic mass is 10.2. The summed E-state index contributed by atoms with van der Waals surface area (Å²) in [5, 5.41) is 7.16. The topological polar surface area (TPSA) is 65.4 Å². The smallest absolute Gasteiger partial charge is 0.272 e. The van der Waals surface area contributed by atoms with Gasteiger partial charge in [0.2, 0.25) is 0 Å². The number of aromatic nitrogens is 2. The second-order valence-corrected chi connectivity index (χ2v) is 4.89. The van der Waals surface area contributed by atoms with Crippen LogP contribution >= 0.6 is 0 Å². The maximum Gasteiger partial charge on any atom is 0.272 e. The van der Waals surface area contributed by atoms with Crippen molar-refractivity contribution in [2.75, 3.05) is 19.8 Å². The highest BCUT2D eigenvalue weighted by Crippen LogP contribution is 2.11. The monoisotopic (exact) mass is 267 g/mol. The van der Waals surface area contributed by atoms with Crippen LogP contribution in [-0.4, -0.2) is 47.7 Å². The van der Waals surface area contributed by atoms with Crippen molar-refractivity contribution >= 4 is 5.91 Å². The quantitative estimate of drug-likeness (QED) is 0.864. The van der Waals surface area contributed by atoms with Gasteiger partial charge < -0.3 is 14.8 Å². The van der Waals surface area contributed by atoms with Gasteiger partial charge in [-0.2, -0.15) is 5.10 Å². The molecular formula is C13H21N3O3. The number of nitrogens with one attached hydrogen (secondary N) is 1. The highest BCUT2D eigenvalue weighted by atomic mass is 16.5. The summed E-state index contributed by atoms with van der Waals surface area (Å²) in [6.07, 6.45) is 1.74. The van der Waals surface area contributed by atoms with E-state index in [4.69, 9.17) is 9.47 Å². The van der Waals surface area contributed by atoms with Gasteiger partial charge in [-0.1, -0.05) is 0 Å². The molecule has 1 aromatic rings. The Bertz CT molecular complexity index is 431. The minimum absolute atomic E-state index is 0.0684. The SMILES string of the molecule is CCO[C@@H]1COC[C@H]1NC(=O)c1ccn(C(C)C)n1. The maximum atomic E-state index is 12.1. The molecule has 1 amide bonds. The number of amides is 1. The van der Waals surface area contributed by atoms with Crippen molar-refractivity contribution in [3.63, 3.8) is 0 Å². The molecule has 0 spiro atoms. The molecule has 1 aliphatic heterocycles. The number of hydrogen-bond donors (Lipinski definition) is 1. The van der Waals surface area contributed by atoms with Crippen molar-refractivity contribution in [2.24, 2.45) is 0 Å². The molecule has 1 aromatic heterocycles. The van der Waals surface area contributed by atoms with Gasteiger partial charge in [-0.25, -0.2) is 0 Å². The zero-order valence-corrected chi connectivity index (χ0v) is 11.6. The van der Waals surface area contributed by atoms with Crippen molar-refractivity contribution in [2.45, 2.75) is 39.0 Å². The Morgan fingerprint density at radius 3 is 3.05 bits per heavy atom. The predicted octanol–water partition coefficient (Wildman–Crippen LogP) is 0.998. The van der Waals surface area contributed by atoms with Gasteiger partial charge in [0.15, 0.2) is 0 Å². The van der Waals surface area contributed by atoms with Gasteiger partial charge in [0.1, 0.15) is 11.8 Å². The summed E-state index contributed by atoms with van der Waals surface area (Å²) in [6.45, 7) is 7.60. The molecule has 6 nitrogen and oxygen atoms in total. The number of ether oxygens (including phenoxy) is 2. The Morgan fingerprint density at radius 1 is 1.63 bits per heavy atom. The summed E-state index contributed by atoms with van der Waals surface area (Å²) < 4.78 is 12.6. The van der Waals surface area contributed by atoms with Gasteiger partial charge in [0.05, 0.1) is 19.3 Å². The van der Waals surface area contributed by atoms with Crippen LogP contribution in [-0.2, 0) is 9.47 Å². The Morgan fingerprint density at radius 2 is 2.42 bits per heavy atom. The zero-order valence-electron chi connectivity index (χ0n) is 11.6. The molecule has 2 atom stereocenters. The molecule has 0 radical (unpaired) electrons. The summed E-state index contributed by atoms with van der Waals surface area (Å²) in [5.74, 6) is -0.181. The molecule has 106 valence electrons. The molecule has 6 heteroatoms. The zero-order chi connectivity index (χ0) is 13.8. The fourth-order valence-electron chi connectivity index (χ4n) is 2.04. The van der Waals surface area contributed by atoms with Crippen LogP contribution in [0.2, 0.25) is 0 Å². The summed E-state index contributed by atoms with van der Waals surface area (Å²) in [5.41, 5.74) is 0.427. The Balaban J connectivity index is 1.96. The Hall–Kier alpha value is -1.40. The van der Waals surface area contributed by atoms with E-state index in [1.807, 2.05) is 27.0 Å². The molecule has 1 saturated heterocycles. The summed E-state index contributed by atoms with van der Waals surface area (Å²) in [6, 6.07) is 1.87. The van der Waals surface area contributed by atoms with Crippen LogP contribution < -0.4 is 5.32 Å². The molecule has 0 bridgehead atoms. The number of carbonyl (C=O) groups is 1. The van der Waals surface area contributed by atoms with Crippen LogP contribution in [0, 0.1) is 0 Å². The molecular weight excluding hydrogens is 246 g/mol. The highest BCUT2D eigenvalue weighted by Gasteiger charge is 2.30. The van der Waals surface area contributed by atoms with E-state index >= 15 is 0 Å². The minimum Gasteiger partial charge on any atom is -0.376 e. The van der Waals surface area contributed by atoms with Crippen molar-refractivity contribution in [1.82, 2.24) is 15.1 Å². The minimum atomic E-state index is -0.181. The van der Waals surface area contributed by atoms with E-state index in [0.717, 1.165) is 0 Å². The van der Waals surface area contributed by atoms with Crippen LogP contribution in [0.15, 0.2) is 12.3 Å². The average Bonchev–Trinajstić information content (AvgIpc) is 2.99. The molecule has 0 saturated carbocycles. The number of rotatable bonds is 5. The molecule has 0 unspecified atom stereocenters. The number of hydrogen-bond acceptors (Lipinski definition) is 4. The van der Waals surface area contributed by atoms with Crippen LogP contribution in [0.25, 0.3) is 0 Å². The van der Waals surface area contributed by atoms with Crippen molar-refractivity contribution in [3.05, 3.63) is 18.0 Å². The standard InChI is InChI=1S/C13H21N3O3/c1-4-19-12-8-18-7-11(12)14-13(17)10-5-6-16(15-10)9(2)3/h5-6,9,11-12H,4,7-8H2,1-3H3,(H,14,17)/t11-,12-/m1/s1. The molecule has 2 rings (SSSR count). The molecule has 19 heavy (non-hydrogen) atoms. The van der Waals surface area contributed by atoms with E-state index in [0.29, 0.717) is 25.5 Å². The third-order valence-corrected chi connectivity index (χ3v) is 3.10. The molecule has 1 aliphatic rings. The largest absolute Gasteiger partial charge is 0.376 e. The van der Waals surface area contributed by atoms with Gasteiger partial charge in [-0.3, -0.25) is 9.48 Å². The fraction of sp³-hybridized carbons (Fsp3) is 0.692. The molecule has 0 aromatic carbocycles. The number of carbonyl (C=O) groups excluding carboxylic acids is 1. The van der Waals surface area contributed by atoms with Crippen LogP contribution in [0.1, 0.15) is 37.3 Å².